The molecule has 15 nitrogen and oxygen atoms in total. The molecular formula is C32H60N4O11. The summed E-state index contributed by atoms with van der Waals surface area (Å²) in [6.07, 6.45) is 8.59. The zero-order valence-corrected chi connectivity index (χ0v) is 28.8. The smallest absolute Gasteiger partial charge is 0.225 e. The molecule has 1 heterocycles. The predicted octanol–water partition coefficient (Wildman–Crippen LogP) is 0.307. The highest BCUT2D eigenvalue weighted by molar-refractivity contribution is 5.89. The van der Waals surface area contributed by atoms with E-state index >= 15 is 0 Å². The maximum Gasteiger partial charge on any atom is 0.225 e. The summed E-state index contributed by atoms with van der Waals surface area (Å²) in [7, 11) is 4.93. The largest absolute Gasteiger partial charge is 0.379 e. The van der Waals surface area contributed by atoms with Gasteiger partial charge in [0.2, 0.25) is 11.8 Å². The molecule has 47 heavy (non-hydrogen) atoms. The second-order valence-electron chi connectivity index (χ2n) is 9.35. The van der Waals surface area contributed by atoms with Crippen molar-refractivity contribution in [1.29, 1.82) is 0 Å². The van der Waals surface area contributed by atoms with Gasteiger partial charge in [0.25, 0.3) is 0 Å². The summed E-state index contributed by atoms with van der Waals surface area (Å²) in [6.45, 7) is 11.9. The molecule has 1 aliphatic heterocycles. The van der Waals surface area contributed by atoms with Gasteiger partial charge >= 0.3 is 0 Å². The van der Waals surface area contributed by atoms with Gasteiger partial charge in [-0.05, 0) is 13.1 Å². The van der Waals surface area contributed by atoms with Gasteiger partial charge in [-0.1, -0.05) is 18.7 Å². The number of amides is 2. The molecule has 274 valence electrons. The normalized spacial score (nSPS) is 14.2. The molecule has 2 amide bonds. The Labute approximate surface area is 281 Å². The van der Waals surface area contributed by atoms with Crippen LogP contribution in [0.3, 0.4) is 0 Å². The fraction of sp³-hybridized carbons (Fsp3) is 0.750. The molecule has 1 unspecified atom stereocenters. The van der Waals surface area contributed by atoms with Crippen LogP contribution in [0.4, 0.5) is 0 Å². The lowest BCUT2D eigenvalue weighted by Gasteiger charge is -2.11. The number of nitrogens with zero attached hydrogens (tertiary/aromatic N) is 2. The third kappa shape index (κ3) is 34.6. The highest BCUT2D eigenvalue weighted by Gasteiger charge is 2.31. The third-order valence-corrected chi connectivity index (χ3v) is 5.72. The first-order valence-electron chi connectivity index (χ1n) is 15.9. The van der Waals surface area contributed by atoms with Crippen LogP contribution in [-0.2, 0) is 52.3 Å². The molecule has 0 saturated carbocycles. The lowest BCUT2D eigenvalue weighted by atomic mass is 10.1. The van der Waals surface area contributed by atoms with Crippen LogP contribution >= 0.6 is 0 Å². The van der Waals surface area contributed by atoms with Gasteiger partial charge in [-0.15, -0.1) is 0 Å². The molecule has 1 atom stereocenters. The van der Waals surface area contributed by atoms with Crippen molar-refractivity contribution in [3.63, 3.8) is 0 Å². The Balaban J connectivity index is 0. The number of carbonyl (C=O) groups excluding carboxylic acids is 3. The van der Waals surface area contributed by atoms with Crippen LogP contribution in [0.15, 0.2) is 29.8 Å². The molecule has 1 fully saturated rings. The fourth-order valence-electron chi connectivity index (χ4n) is 3.42. The minimum atomic E-state index is -0.268. The minimum absolute atomic E-state index is 0.00420. The molecule has 1 rings (SSSR count). The standard InChI is InChI=1S/C25H46N2O11.C6H9N.CH5N/c1-27-22-23(21-24(27)29)25(30)26-3-6-32-8-10-34-12-14-36-16-18-38-20-19-37-17-15-35-13-11-33-9-7-31-5-2-4-28;1-3-4-5-6-7-2;1-2/h4,23H,2-3,5-22H2,1H3,(H,26,30);3-6H,1H2,2H3;2H2,1H3/b;5-4-,7-6?;. The average Bonchev–Trinajstić information content (AvgIpc) is 3.43. The highest BCUT2D eigenvalue weighted by Crippen LogP contribution is 2.15. The van der Waals surface area contributed by atoms with E-state index in [4.69, 9.17) is 37.9 Å². The highest BCUT2D eigenvalue weighted by atomic mass is 16.6. The molecular weight excluding hydrogens is 616 g/mol. The number of ether oxygens (including phenoxy) is 8. The summed E-state index contributed by atoms with van der Waals surface area (Å²) in [5.74, 6) is -0.369. The lowest BCUT2D eigenvalue weighted by Crippen LogP contribution is -2.34. The van der Waals surface area contributed by atoms with Gasteiger partial charge in [0, 0.05) is 46.2 Å². The first-order chi connectivity index (χ1) is 23.1. The summed E-state index contributed by atoms with van der Waals surface area (Å²) in [5, 5.41) is 2.79. The SMILES string of the molecule is C=C/C=C\C=NC.CN.CN1CC(C(=O)NCCOCCOCCOCCOCCOCCOCCOCCOCCC=O)CC1=O. The Morgan fingerprint density at radius 1 is 0.787 bits per heavy atom. The van der Waals surface area contributed by atoms with Crippen molar-refractivity contribution in [2.45, 2.75) is 12.8 Å². The third-order valence-electron chi connectivity index (χ3n) is 5.72. The summed E-state index contributed by atoms with van der Waals surface area (Å²) in [6, 6.07) is 0. The van der Waals surface area contributed by atoms with Crippen molar-refractivity contribution in [2.24, 2.45) is 16.6 Å². The lowest BCUT2D eigenvalue weighted by molar-refractivity contribution is -0.128. The molecule has 0 aromatic heterocycles. The van der Waals surface area contributed by atoms with E-state index in [2.05, 4.69) is 22.6 Å². The molecule has 0 aromatic carbocycles. The van der Waals surface area contributed by atoms with Crippen LogP contribution in [0, 0.1) is 5.92 Å². The maximum atomic E-state index is 12.0. The monoisotopic (exact) mass is 676 g/mol. The van der Waals surface area contributed by atoms with Crippen molar-refractivity contribution in [3.8, 4) is 0 Å². The molecule has 1 saturated heterocycles. The van der Waals surface area contributed by atoms with Crippen molar-refractivity contribution < 1.29 is 52.3 Å². The second kappa shape index (κ2) is 39.6. The first kappa shape index (κ1) is 46.5. The van der Waals surface area contributed by atoms with Gasteiger partial charge in [0.1, 0.15) is 6.29 Å². The molecule has 0 aliphatic carbocycles. The molecule has 0 radical (unpaired) electrons. The topological polar surface area (TPSA) is 179 Å². The van der Waals surface area contributed by atoms with Crippen LogP contribution in [0.25, 0.3) is 0 Å². The molecule has 1 aliphatic rings. The van der Waals surface area contributed by atoms with E-state index in [1.165, 1.54) is 7.05 Å². The van der Waals surface area contributed by atoms with Gasteiger partial charge in [-0.25, -0.2) is 0 Å². The van der Waals surface area contributed by atoms with Crippen molar-refractivity contribution in [2.75, 3.05) is 140 Å². The summed E-state index contributed by atoms with van der Waals surface area (Å²) in [5.41, 5.74) is 4.50. The predicted molar refractivity (Wildman–Crippen MR) is 180 cm³/mol. The van der Waals surface area contributed by atoms with E-state index in [1.807, 2.05) is 12.2 Å². The van der Waals surface area contributed by atoms with Crippen LogP contribution in [-0.4, -0.2) is 169 Å². The molecule has 0 aromatic rings. The fourth-order valence-corrected chi connectivity index (χ4v) is 3.42. The average molecular weight is 677 g/mol. The Hall–Kier alpha value is -2.60. The molecule has 3 N–H and O–H groups in total. The van der Waals surface area contributed by atoms with E-state index in [9.17, 15) is 14.4 Å². The van der Waals surface area contributed by atoms with Crippen LogP contribution in [0.2, 0.25) is 0 Å². The Kier molecular flexibility index (Phi) is 39.2. The number of nitrogens with one attached hydrogen (secondary N) is 1. The van der Waals surface area contributed by atoms with Crippen molar-refractivity contribution >= 4 is 24.3 Å². The van der Waals surface area contributed by atoms with E-state index in [-0.39, 0.29) is 24.2 Å². The number of allylic oxidation sites excluding steroid dienone is 3. The summed E-state index contributed by atoms with van der Waals surface area (Å²) < 4.78 is 43.0. The molecule has 0 spiro atoms. The van der Waals surface area contributed by atoms with Gasteiger partial charge in [0.15, 0.2) is 0 Å². The molecule has 15 heteroatoms. The van der Waals surface area contributed by atoms with Gasteiger partial charge in [0.05, 0.1) is 112 Å². The number of likely N-dealkylation sites (tertiary alicyclic amines) is 1. The molecule has 0 bridgehead atoms. The number of nitrogens with two attached hydrogens (primary N) is 1. The van der Waals surface area contributed by atoms with Crippen molar-refractivity contribution in [1.82, 2.24) is 10.2 Å². The number of rotatable bonds is 30. The Bertz CT molecular complexity index is 788. The van der Waals surface area contributed by atoms with E-state index in [0.29, 0.717) is 125 Å². The van der Waals surface area contributed by atoms with E-state index in [1.54, 1.807) is 31.3 Å². The zero-order valence-electron chi connectivity index (χ0n) is 28.8. The zero-order chi connectivity index (χ0) is 35.1. The number of hydrogen-bond acceptors (Lipinski definition) is 13. The second-order valence-corrected chi connectivity index (χ2v) is 9.35. The van der Waals surface area contributed by atoms with Crippen LogP contribution in [0.5, 0.6) is 0 Å². The van der Waals surface area contributed by atoms with Gasteiger partial charge in [-0.2, -0.15) is 0 Å². The van der Waals surface area contributed by atoms with Crippen LogP contribution < -0.4 is 11.1 Å². The number of aliphatic imine (C=N–C) groups is 1. The van der Waals surface area contributed by atoms with Crippen LogP contribution in [0.1, 0.15) is 12.8 Å². The minimum Gasteiger partial charge on any atom is -0.379 e. The van der Waals surface area contributed by atoms with E-state index < -0.39 is 0 Å². The quantitative estimate of drug-likeness (QED) is 0.0461. The number of carbonyl (C=O) groups is 3. The van der Waals surface area contributed by atoms with Crippen molar-refractivity contribution in [3.05, 3.63) is 24.8 Å². The first-order valence-corrected chi connectivity index (χ1v) is 15.9. The maximum absolute atomic E-state index is 12.0. The Morgan fingerprint density at radius 3 is 1.53 bits per heavy atom. The number of aldehydes is 1. The summed E-state index contributed by atoms with van der Waals surface area (Å²) in [4.78, 5) is 38.8. The van der Waals surface area contributed by atoms with Gasteiger partial charge < -0.3 is 58.6 Å². The number of hydrogen-bond donors (Lipinski definition) is 2. The van der Waals surface area contributed by atoms with E-state index in [0.717, 1.165) is 6.29 Å². The Morgan fingerprint density at radius 2 is 1.19 bits per heavy atom. The van der Waals surface area contributed by atoms with Gasteiger partial charge in [-0.3, -0.25) is 14.6 Å². The summed E-state index contributed by atoms with van der Waals surface area (Å²) >= 11 is 0.